The molecular weight excluding hydrogens is 304 g/mol. The molecule has 1 aromatic heterocycles. The first-order valence-corrected chi connectivity index (χ1v) is 8.06. The Bertz CT molecular complexity index is 680. The largest absolute Gasteiger partial charge is 0.381 e. The maximum atomic E-state index is 13.1. The SMILES string of the molecule is CN(C)c1ncc(NC(=O)C2(c3ccccc3)CCOCC2)cn1. The van der Waals surface area contributed by atoms with E-state index in [0.29, 0.717) is 37.7 Å². The van der Waals surface area contributed by atoms with Crippen LogP contribution in [0.15, 0.2) is 42.7 Å². The van der Waals surface area contributed by atoms with Gasteiger partial charge in [0.05, 0.1) is 23.5 Å². The van der Waals surface area contributed by atoms with Gasteiger partial charge in [0, 0.05) is 27.3 Å². The Morgan fingerprint density at radius 2 is 1.75 bits per heavy atom. The van der Waals surface area contributed by atoms with Crippen molar-refractivity contribution in [2.24, 2.45) is 0 Å². The molecule has 0 spiro atoms. The first-order valence-electron chi connectivity index (χ1n) is 8.06. The van der Waals surface area contributed by atoms with Gasteiger partial charge in [-0.2, -0.15) is 0 Å². The molecule has 0 atom stereocenters. The molecule has 2 aromatic rings. The summed E-state index contributed by atoms with van der Waals surface area (Å²) >= 11 is 0. The molecule has 1 aliphatic heterocycles. The zero-order chi connectivity index (χ0) is 17.0. The molecule has 1 aromatic carbocycles. The minimum absolute atomic E-state index is 0.0294. The summed E-state index contributed by atoms with van der Waals surface area (Å²) in [7, 11) is 3.75. The topological polar surface area (TPSA) is 67.4 Å². The van der Waals surface area contributed by atoms with Gasteiger partial charge >= 0.3 is 0 Å². The molecule has 1 aliphatic rings. The number of benzene rings is 1. The van der Waals surface area contributed by atoms with Crippen molar-refractivity contribution in [1.29, 1.82) is 0 Å². The molecule has 0 radical (unpaired) electrons. The summed E-state index contributed by atoms with van der Waals surface area (Å²) in [6.07, 6.45) is 4.61. The van der Waals surface area contributed by atoms with Crippen LogP contribution in [0.2, 0.25) is 0 Å². The fraction of sp³-hybridized carbons (Fsp3) is 0.389. The highest BCUT2D eigenvalue weighted by molar-refractivity contribution is 5.99. The smallest absolute Gasteiger partial charge is 0.235 e. The zero-order valence-electron chi connectivity index (χ0n) is 14.0. The second-order valence-corrected chi connectivity index (χ2v) is 6.18. The van der Waals surface area contributed by atoms with Crippen LogP contribution in [0, 0.1) is 0 Å². The first-order chi connectivity index (χ1) is 11.6. The van der Waals surface area contributed by atoms with E-state index in [4.69, 9.17) is 4.74 Å². The highest BCUT2D eigenvalue weighted by Crippen LogP contribution is 2.36. The van der Waals surface area contributed by atoms with Crippen molar-refractivity contribution in [2.75, 3.05) is 37.5 Å². The van der Waals surface area contributed by atoms with Crippen LogP contribution in [-0.4, -0.2) is 43.2 Å². The van der Waals surface area contributed by atoms with E-state index in [1.54, 1.807) is 12.4 Å². The molecule has 3 rings (SSSR count). The Morgan fingerprint density at radius 1 is 1.12 bits per heavy atom. The van der Waals surface area contributed by atoms with Crippen molar-refractivity contribution in [3.05, 3.63) is 48.3 Å². The van der Waals surface area contributed by atoms with Crippen LogP contribution >= 0.6 is 0 Å². The van der Waals surface area contributed by atoms with E-state index in [2.05, 4.69) is 15.3 Å². The fourth-order valence-electron chi connectivity index (χ4n) is 2.99. The highest BCUT2D eigenvalue weighted by Gasteiger charge is 2.41. The Labute approximate surface area is 141 Å². The van der Waals surface area contributed by atoms with E-state index in [9.17, 15) is 4.79 Å². The van der Waals surface area contributed by atoms with Crippen LogP contribution < -0.4 is 10.2 Å². The normalized spacial score (nSPS) is 16.4. The van der Waals surface area contributed by atoms with Crippen molar-refractivity contribution in [3.63, 3.8) is 0 Å². The molecule has 6 heteroatoms. The number of nitrogens with one attached hydrogen (secondary N) is 1. The third-order valence-corrected chi connectivity index (χ3v) is 4.40. The molecule has 1 fully saturated rings. The van der Waals surface area contributed by atoms with Crippen molar-refractivity contribution in [3.8, 4) is 0 Å². The summed E-state index contributed by atoms with van der Waals surface area (Å²) in [5, 5.41) is 2.98. The molecule has 2 heterocycles. The number of anilines is 2. The number of ether oxygens (including phenoxy) is 1. The molecular formula is C18H22N4O2. The van der Waals surface area contributed by atoms with Crippen molar-refractivity contribution in [2.45, 2.75) is 18.3 Å². The van der Waals surface area contributed by atoms with E-state index >= 15 is 0 Å². The lowest BCUT2D eigenvalue weighted by atomic mass is 9.73. The maximum absolute atomic E-state index is 13.1. The lowest BCUT2D eigenvalue weighted by molar-refractivity contribution is -0.125. The van der Waals surface area contributed by atoms with Crippen LogP contribution in [0.1, 0.15) is 18.4 Å². The molecule has 1 N–H and O–H groups in total. The van der Waals surface area contributed by atoms with Gasteiger partial charge in [-0.25, -0.2) is 9.97 Å². The molecule has 0 bridgehead atoms. The van der Waals surface area contributed by atoms with Gasteiger partial charge in [0.25, 0.3) is 0 Å². The minimum Gasteiger partial charge on any atom is -0.381 e. The van der Waals surface area contributed by atoms with E-state index in [1.165, 1.54) is 0 Å². The van der Waals surface area contributed by atoms with Crippen LogP contribution in [0.3, 0.4) is 0 Å². The Balaban J connectivity index is 1.84. The molecule has 126 valence electrons. The second kappa shape index (κ2) is 6.97. The van der Waals surface area contributed by atoms with Crippen LogP contribution in [0.25, 0.3) is 0 Å². The summed E-state index contributed by atoms with van der Waals surface area (Å²) in [5.41, 5.74) is 1.06. The summed E-state index contributed by atoms with van der Waals surface area (Å²) in [6.45, 7) is 1.16. The quantitative estimate of drug-likeness (QED) is 0.933. The van der Waals surface area contributed by atoms with Gasteiger partial charge in [0.2, 0.25) is 11.9 Å². The summed E-state index contributed by atoms with van der Waals surface area (Å²) in [5.74, 6) is 0.579. The van der Waals surface area contributed by atoms with Gasteiger partial charge in [-0.3, -0.25) is 4.79 Å². The molecule has 0 saturated carbocycles. The highest BCUT2D eigenvalue weighted by atomic mass is 16.5. The first kappa shape index (κ1) is 16.4. The van der Waals surface area contributed by atoms with Crippen molar-refractivity contribution in [1.82, 2.24) is 9.97 Å². The lowest BCUT2D eigenvalue weighted by Gasteiger charge is -2.36. The average Bonchev–Trinajstić information content (AvgIpc) is 2.63. The standard InChI is InChI=1S/C18H22N4O2/c1-22(2)17-19-12-15(13-20-17)21-16(23)18(8-10-24-11-9-18)14-6-4-3-5-7-14/h3-7,12-13H,8-11H2,1-2H3,(H,21,23). The van der Waals surface area contributed by atoms with Gasteiger partial charge in [-0.05, 0) is 18.4 Å². The monoisotopic (exact) mass is 326 g/mol. The number of carbonyl (C=O) groups is 1. The molecule has 1 saturated heterocycles. The number of aromatic nitrogens is 2. The van der Waals surface area contributed by atoms with Crippen LogP contribution in [-0.2, 0) is 14.9 Å². The Hall–Kier alpha value is -2.47. The van der Waals surface area contributed by atoms with Crippen LogP contribution in [0.4, 0.5) is 11.6 Å². The summed E-state index contributed by atoms with van der Waals surface area (Å²) in [4.78, 5) is 23.4. The van der Waals surface area contributed by atoms with Gasteiger partial charge < -0.3 is 15.0 Å². The minimum atomic E-state index is -0.570. The third kappa shape index (κ3) is 3.23. The van der Waals surface area contributed by atoms with E-state index in [1.807, 2.05) is 49.3 Å². The summed E-state index contributed by atoms with van der Waals surface area (Å²) < 4.78 is 5.48. The third-order valence-electron chi connectivity index (χ3n) is 4.40. The Kier molecular flexibility index (Phi) is 4.76. The van der Waals surface area contributed by atoms with Crippen molar-refractivity contribution >= 4 is 17.5 Å². The van der Waals surface area contributed by atoms with Gasteiger partial charge in [-0.15, -0.1) is 0 Å². The molecule has 0 unspecified atom stereocenters. The number of hydrogen-bond donors (Lipinski definition) is 1. The predicted molar refractivity (Wildman–Crippen MR) is 93.2 cm³/mol. The average molecular weight is 326 g/mol. The van der Waals surface area contributed by atoms with Crippen LogP contribution in [0.5, 0.6) is 0 Å². The number of nitrogens with zero attached hydrogens (tertiary/aromatic N) is 3. The number of rotatable bonds is 4. The van der Waals surface area contributed by atoms with E-state index < -0.39 is 5.41 Å². The van der Waals surface area contributed by atoms with E-state index in [-0.39, 0.29) is 5.91 Å². The second-order valence-electron chi connectivity index (χ2n) is 6.18. The lowest BCUT2D eigenvalue weighted by Crippen LogP contribution is -2.44. The van der Waals surface area contributed by atoms with E-state index in [0.717, 1.165) is 5.56 Å². The van der Waals surface area contributed by atoms with Gasteiger partial charge in [0.1, 0.15) is 0 Å². The number of amides is 1. The number of carbonyl (C=O) groups excluding carboxylic acids is 1. The molecule has 6 nitrogen and oxygen atoms in total. The molecule has 1 amide bonds. The van der Waals surface area contributed by atoms with Crippen molar-refractivity contribution < 1.29 is 9.53 Å². The maximum Gasteiger partial charge on any atom is 0.235 e. The fourth-order valence-corrected chi connectivity index (χ4v) is 2.99. The summed E-state index contributed by atoms with van der Waals surface area (Å²) in [6, 6.07) is 9.92. The van der Waals surface area contributed by atoms with Gasteiger partial charge in [-0.1, -0.05) is 30.3 Å². The number of hydrogen-bond acceptors (Lipinski definition) is 5. The molecule has 24 heavy (non-hydrogen) atoms. The molecule has 0 aliphatic carbocycles. The zero-order valence-corrected chi connectivity index (χ0v) is 14.0. The Morgan fingerprint density at radius 3 is 2.33 bits per heavy atom. The van der Waals surface area contributed by atoms with Gasteiger partial charge in [0.15, 0.2) is 0 Å². The predicted octanol–water partition coefficient (Wildman–Crippen LogP) is 2.23.